The number of aryl methyl sites for hydroxylation is 1. The van der Waals surface area contributed by atoms with Crippen molar-refractivity contribution >= 4 is 0 Å². The van der Waals surface area contributed by atoms with Gasteiger partial charge in [0.05, 0.1) is 0 Å². The molecule has 0 saturated heterocycles. The Bertz CT molecular complexity index is 554. The van der Waals surface area contributed by atoms with Crippen LogP contribution in [-0.4, -0.2) is 6.54 Å². The second-order valence-corrected chi connectivity index (χ2v) is 4.51. The van der Waals surface area contributed by atoms with E-state index < -0.39 is 0 Å². The van der Waals surface area contributed by atoms with Gasteiger partial charge in [-0.05, 0) is 42.6 Å². The summed E-state index contributed by atoms with van der Waals surface area (Å²) < 4.78 is 18.9. The Kier molecular flexibility index (Phi) is 4.53. The first-order chi connectivity index (χ1) is 9.20. The number of benzene rings is 2. The summed E-state index contributed by atoms with van der Waals surface area (Å²) in [6, 6.07) is 12.6. The molecule has 0 spiro atoms. The molecule has 0 fully saturated rings. The fourth-order valence-electron chi connectivity index (χ4n) is 1.98. The first-order valence-corrected chi connectivity index (χ1v) is 6.36. The molecule has 0 radical (unpaired) electrons. The Morgan fingerprint density at radius 3 is 2.58 bits per heavy atom. The standard InChI is InChI=1S/C16H18FNO/c1-12-6-7-15(17)10-16(12)19-11-14-5-3-2-4-13(14)8-9-18/h2-7,10H,8-9,11,18H2,1H3. The highest BCUT2D eigenvalue weighted by atomic mass is 19.1. The minimum absolute atomic E-state index is 0.282. The fourth-order valence-corrected chi connectivity index (χ4v) is 1.98. The lowest BCUT2D eigenvalue weighted by Crippen LogP contribution is -2.07. The van der Waals surface area contributed by atoms with Gasteiger partial charge in [-0.15, -0.1) is 0 Å². The summed E-state index contributed by atoms with van der Waals surface area (Å²) in [5.74, 6) is 0.304. The quantitative estimate of drug-likeness (QED) is 0.894. The van der Waals surface area contributed by atoms with Crippen LogP contribution in [-0.2, 0) is 13.0 Å². The highest BCUT2D eigenvalue weighted by molar-refractivity contribution is 5.34. The maximum absolute atomic E-state index is 13.2. The monoisotopic (exact) mass is 259 g/mol. The number of hydrogen-bond acceptors (Lipinski definition) is 2. The SMILES string of the molecule is Cc1ccc(F)cc1OCc1ccccc1CCN. The van der Waals surface area contributed by atoms with Crippen LogP contribution in [0.15, 0.2) is 42.5 Å². The molecule has 0 bridgehead atoms. The van der Waals surface area contributed by atoms with Gasteiger partial charge in [0.15, 0.2) is 0 Å². The van der Waals surface area contributed by atoms with Gasteiger partial charge < -0.3 is 10.5 Å². The van der Waals surface area contributed by atoms with Gasteiger partial charge in [0.2, 0.25) is 0 Å². The number of ether oxygens (including phenoxy) is 1. The lowest BCUT2D eigenvalue weighted by molar-refractivity contribution is 0.301. The van der Waals surface area contributed by atoms with Crippen molar-refractivity contribution in [3.8, 4) is 5.75 Å². The van der Waals surface area contributed by atoms with Gasteiger partial charge in [-0.1, -0.05) is 30.3 Å². The zero-order valence-corrected chi connectivity index (χ0v) is 11.0. The van der Waals surface area contributed by atoms with Crippen molar-refractivity contribution in [2.75, 3.05) is 6.54 Å². The second kappa shape index (κ2) is 6.34. The van der Waals surface area contributed by atoms with E-state index >= 15 is 0 Å². The molecule has 2 aromatic rings. The van der Waals surface area contributed by atoms with Crippen molar-refractivity contribution in [2.45, 2.75) is 20.0 Å². The molecule has 2 N–H and O–H groups in total. The number of rotatable bonds is 5. The van der Waals surface area contributed by atoms with Crippen molar-refractivity contribution in [1.29, 1.82) is 0 Å². The van der Waals surface area contributed by atoms with Crippen LogP contribution >= 0.6 is 0 Å². The van der Waals surface area contributed by atoms with E-state index in [2.05, 4.69) is 0 Å². The average molecular weight is 259 g/mol. The van der Waals surface area contributed by atoms with Crippen LogP contribution in [0.4, 0.5) is 4.39 Å². The average Bonchev–Trinajstić information content (AvgIpc) is 2.42. The third-order valence-electron chi connectivity index (χ3n) is 3.07. The van der Waals surface area contributed by atoms with E-state index in [0.29, 0.717) is 18.9 Å². The first-order valence-electron chi connectivity index (χ1n) is 6.36. The molecule has 0 saturated carbocycles. The van der Waals surface area contributed by atoms with Gasteiger partial charge in [-0.2, -0.15) is 0 Å². The van der Waals surface area contributed by atoms with E-state index in [4.69, 9.17) is 10.5 Å². The van der Waals surface area contributed by atoms with Crippen molar-refractivity contribution in [2.24, 2.45) is 5.73 Å². The molecule has 0 amide bonds. The Morgan fingerprint density at radius 2 is 1.84 bits per heavy atom. The minimum atomic E-state index is -0.282. The maximum Gasteiger partial charge on any atom is 0.126 e. The van der Waals surface area contributed by atoms with Crippen molar-refractivity contribution in [3.63, 3.8) is 0 Å². The first kappa shape index (κ1) is 13.6. The van der Waals surface area contributed by atoms with E-state index in [9.17, 15) is 4.39 Å². The number of halogens is 1. The molecule has 19 heavy (non-hydrogen) atoms. The Labute approximate surface area is 113 Å². The highest BCUT2D eigenvalue weighted by Gasteiger charge is 2.05. The Balaban J connectivity index is 2.12. The summed E-state index contributed by atoms with van der Waals surface area (Å²) in [7, 11) is 0. The molecule has 2 aromatic carbocycles. The molecule has 0 atom stereocenters. The van der Waals surface area contributed by atoms with Crippen molar-refractivity contribution < 1.29 is 9.13 Å². The van der Waals surface area contributed by atoms with Crippen LogP contribution in [0.5, 0.6) is 5.75 Å². The van der Waals surface area contributed by atoms with Gasteiger partial charge in [-0.25, -0.2) is 4.39 Å². The van der Waals surface area contributed by atoms with Crippen LogP contribution in [0.2, 0.25) is 0 Å². The molecule has 0 aliphatic heterocycles. The Morgan fingerprint density at radius 1 is 1.11 bits per heavy atom. The minimum Gasteiger partial charge on any atom is -0.489 e. The van der Waals surface area contributed by atoms with Crippen molar-refractivity contribution in [3.05, 3.63) is 65.0 Å². The van der Waals surface area contributed by atoms with Gasteiger partial charge in [-0.3, -0.25) is 0 Å². The van der Waals surface area contributed by atoms with E-state index in [0.717, 1.165) is 17.5 Å². The lowest BCUT2D eigenvalue weighted by Gasteiger charge is -2.12. The maximum atomic E-state index is 13.2. The predicted octanol–water partition coefficient (Wildman–Crippen LogP) is 3.21. The lowest BCUT2D eigenvalue weighted by atomic mass is 10.1. The number of hydrogen-bond donors (Lipinski definition) is 1. The molecular weight excluding hydrogens is 241 g/mol. The molecule has 0 heterocycles. The van der Waals surface area contributed by atoms with Gasteiger partial charge >= 0.3 is 0 Å². The Hall–Kier alpha value is -1.87. The molecule has 0 aliphatic rings. The molecule has 3 heteroatoms. The summed E-state index contributed by atoms with van der Waals surface area (Å²) in [6.07, 6.45) is 0.821. The fraction of sp³-hybridized carbons (Fsp3) is 0.250. The summed E-state index contributed by atoms with van der Waals surface area (Å²) in [5, 5.41) is 0. The smallest absolute Gasteiger partial charge is 0.126 e. The molecular formula is C16H18FNO. The molecule has 0 unspecified atom stereocenters. The third kappa shape index (κ3) is 3.55. The van der Waals surface area contributed by atoms with E-state index in [-0.39, 0.29) is 5.82 Å². The molecule has 100 valence electrons. The van der Waals surface area contributed by atoms with E-state index in [1.54, 1.807) is 6.07 Å². The van der Waals surface area contributed by atoms with Crippen molar-refractivity contribution in [1.82, 2.24) is 0 Å². The zero-order valence-electron chi connectivity index (χ0n) is 11.0. The number of nitrogens with two attached hydrogens (primary N) is 1. The normalized spacial score (nSPS) is 10.5. The van der Waals surface area contributed by atoms with Crippen LogP contribution in [0.3, 0.4) is 0 Å². The molecule has 2 rings (SSSR count). The van der Waals surface area contributed by atoms with Crippen LogP contribution in [0, 0.1) is 12.7 Å². The predicted molar refractivity (Wildman–Crippen MR) is 74.7 cm³/mol. The summed E-state index contributed by atoms with van der Waals surface area (Å²) in [5.41, 5.74) is 8.79. The second-order valence-electron chi connectivity index (χ2n) is 4.51. The third-order valence-corrected chi connectivity index (χ3v) is 3.07. The summed E-state index contributed by atoms with van der Waals surface area (Å²) in [6.45, 7) is 2.94. The van der Waals surface area contributed by atoms with Gasteiger partial charge in [0, 0.05) is 6.07 Å². The van der Waals surface area contributed by atoms with Crippen LogP contribution in [0.25, 0.3) is 0 Å². The van der Waals surface area contributed by atoms with Gasteiger partial charge in [0.25, 0.3) is 0 Å². The van der Waals surface area contributed by atoms with Crippen LogP contribution < -0.4 is 10.5 Å². The topological polar surface area (TPSA) is 35.2 Å². The molecule has 2 nitrogen and oxygen atoms in total. The van der Waals surface area contributed by atoms with Gasteiger partial charge in [0.1, 0.15) is 18.2 Å². The summed E-state index contributed by atoms with van der Waals surface area (Å²) in [4.78, 5) is 0. The van der Waals surface area contributed by atoms with Crippen LogP contribution in [0.1, 0.15) is 16.7 Å². The molecule has 0 aliphatic carbocycles. The highest BCUT2D eigenvalue weighted by Crippen LogP contribution is 2.21. The van der Waals surface area contributed by atoms with E-state index in [1.807, 2.05) is 31.2 Å². The van der Waals surface area contributed by atoms with E-state index in [1.165, 1.54) is 17.7 Å². The summed E-state index contributed by atoms with van der Waals surface area (Å²) >= 11 is 0. The zero-order chi connectivity index (χ0) is 13.7. The largest absolute Gasteiger partial charge is 0.489 e. The molecule has 0 aromatic heterocycles.